The van der Waals surface area contributed by atoms with Crippen molar-refractivity contribution in [2.45, 2.75) is 38.5 Å². The van der Waals surface area contributed by atoms with Crippen molar-refractivity contribution < 1.29 is 17.9 Å². The molecule has 0 fully saturated rings. The molecular formula is C14H21ClF3NO. The van der Waals surface area contributed by atoms with Crippen LogP contribution in [0.5, 0.6) is 5.75 Å². The first kappa shape index (κ1) is 19.1. The van der Waals surface area contributed by atoms with Gasteiger partial charge in [-0.15, -0.1) is 12.4 Å². The third kappa shape index (κ3) is 6.48. The molecular weight excluding hydrogens is 291 g/mol. The van der Waals surface area contributed by atoms with Crippen LogP contribution < -0.4 is 10.1 Å². The van der Waals surface area contributed by atoms with E-state index in [4.69, 9.17) is 4.74 Å². The fourth-order valence-corrected chi connectivity index (χ4v) is 1.80. The van der Waals surface area contributed by atoms with Crippen molar-refractivity contribution in [1.82, 2.24) is 5.32 Å². The lowest BCUT2D eigenvalue weighted by Crippen LogP contribution is -2.22. The molecule has 0 radical (unpaired) electrons. The van der Waals surface area contributed by atoms with E-state index in [2.05, 4.69) is 12.2 Å². The third-order valence-electron chi connectivity index (χ3n) is 2.81. The van der Waals surface area contributed by atoms with Gasteiger partial charge in [0.25, 0.3) is 0 Å². The second-order valence-corrected chi connectivity index (χ2v) is 4.44. The van der Waals surface area contributed by atoms with E-state index in [1.807, 2.05) is 7.05 Å². The van der Waals surface area contributed by atoms with Crippen LogP contribution in [0.25, 0.3) is 0 Å². The first-order chi connectivity index (χ1) is 8.97. The summed E-state index contributed by atoms with van der Waals surface area (Å²) in [5.41, 5.74) is -0.651. The molecule has 0 saturated carbocycles. The molecule has 0 aliphatic rings. The van der Waals surface area contributed by atoms with Crippen LogP contribution in [0.1, 0.15) is 31.7 Å². The van der Waals surface area contributed by atoms with Crippen molar-refractivity contribution >= 4 is 12.4 Å². The Labute approximate surface area is 124 Å². The fourth-order valence-electron chi connectivity index (χ4n) is 1.80. The van der Waals surface area contributed by atoms with Crippen molar-refractivity contribution in [1.29, 1.82) is 0 Å². The zero-order chi connectivity index (χ0) is 14.3. The van der Waals surface area contributed by atoms with Gasteiger partial charge in [-0.05, 0) is 50.7 Å². The zero-order valence-corrected chi connectivity index (χ0v) is 12.5. The summed E-state index contributed by atoms with van der Waals surface area (Å²) < 4.78 is 43.0. The minimum atomic E-state index is -4.30. The summed E-state index contributed by atoms with van der Waals surface area (Å²) in [4.78, 5) is 0. The van der Waals surface area contributed by atoms with Crippen LogP contribution in [-0.4, -0.2) is 19.7 Å². The van der Waals surface area contributed by atoms with E-state index in [1.165, 1.54) is 12.1 Å². The second-order valence-electron chi connectivity index (χ2n) is 4.44. The van der Waals surface area contributed by atoms with Gasteiger partial charge in [0.1, 0.15) is 5.75 Å². The van der Waals surface area contributed by atoms with Gasteiger partial charge < -0.3 is 10.1 Å². The molecule has 1 aromatic rings. The van der Waals surface area contributed by atoms with Gasteiger partial charge in [0.15, 0.2) is 0 Å². The van der Waals surface area contributed by atoms with E-state index >= 15 is 0 Å². The summed E-state index contributed by atoms with van der Waals surface area (Å²) in [5.74, 6) is 0.488. The number of ether oxygens (including phenoxy) is 1. The highest BCUT2D eigenvalue weighted by Crippen LogP contribution is 2.30. The maximum Gasteiger partial charge on any atom is 0.416 e. The molecule has 1 N–H and O–H groups in total. The minimum Gasteiger partial charge on any atom is -0.490 e. The van der Waals surface area contributed by atoms with Crippen LogP contribution in [0, 0.1) is 0 Å². The first-order valence-electron chi connectivity index (χ1n) is 6.46. The molecule has 0 aliphatic heterocycles. The normalized spacial score (nSPS) is 12.7. The quantitative estimate of drug-likeness (QED) is 0.811. The smallest absolute Gasteiger partial charge is 0.416 e. The van der Waals surface area contributed by atoms with Crippen molar-refractivity contribution in [2.75, 3.05) is 13.6 Å². The molecule has 0 saturated heterocycles. The highest BCUT2D eigenvalue weighted by molar-refractivity contribution is 5.85. The summed E-state index contributed by atoms with van der Waals surface area (Å²) in [6.45, 7) is 2.88. The predicted octanol–water partition coefficient (Wildman–Crippen LogP) is 4.28. The number of halogens is 4. The molecule has 116 valence electrons. The third-order valence-corrected chi connectivity index (χ3v) is 2.81. The van der Waals surface area contributed by atoms with Gasteiger partial charge >= 0.3 is 6.18 Å². The van der Waals surface area contributed by atoms with Crippen molar-refractivity contribution in [2.24, 2.45) is 0 Å². The summed E-state index contributed by atoms with van der Waals surface area (Å²) in [6, 6.07) is 4.86. The molecule has 2 nitrogen and oxygen atoms in total. The van der Waals surface area contributed by atoms with E-state index < -0.39 is 11.7 Å². The molecule has 20 heavy (non-hydrogen) atoms. The number of nitrogens with one attached hydrogen (secondary N) is 1. The van der Waals surface area contributed by atoms with E-state index in [9.17, 15) is 13.2 Å². The standard InChI is InChI=1S/C14H20F3NO.ClH/c1-3-4-12(9-10-18-2)19-13-7-5-11(6-8-13)14(15,16)17;/h5-8,12,18H,3-4,9-10H2,1-2H3;1H. The summed E-state index contributed by atoms with van der Waals surface area (Å²) in [7, 11) is 1.86. The van der Waals surface area contributed by atoms with Crippen LogP contribution in [0.2, 0.25) is 0 Å². The summed E-state index contributed by atoms with van der Waals surface area (Å²) in [5, 5.41) is 3.04. The van der Waals surface area contributed by atoms with Crippen LogP contribution in [0.4, 0.5) is 13.2 Å². The monoisotopic (exact) mass is 311 g/mol. The van der Waals surface area contributed by atoms with Crippen LogP contribution in [-0.2, 0) is 6.18 Å². The van der Waals surface area contributed by atoms with Gasteiger partial charge in [0.2, 0.25) is 0 Å². The van der Waals surface area contributed by atoms with E-state index in [0.29, 0.717) is 5.75 Å². The van der Waals surface area contributed by atoms with E-state index in [1.54, 1.807) is 0 Å². The highest BCUT2D eigenvalue weighted by Gasteiger charge is 2.30. The molecule has 1 atom stereocenters. The van der Waals surface area contributed by atoms with E-state index in [-0.39, 0.29) is 18.5 Å². The Morgan fingerprint density at radius 1 is 1.15 bits per heavy atom. The molecule has 1 rings (SSSR count). The zero-order valence-electron chi connectivity index (χ0n) is 11.7. The maximum absolute atomic E-state index is 12.4. The molecule has 6 heteroatoms. The van der Waals surface area contributed by atoms with Crippen LogP contribution in [0.3, 0.4) is 0 Å². The van der Waals surface area contributed by atoms with Crippen molar-refractivity contribution in [3.8, 4) is 5.75 Å². The lowest BCUT2D eigenvalue weighted by Gasteiger charge is -2.19. The molecule has 0 heterocycles. The van der Waals surface area contributed by atoms with Gasteiger partial charge in [0.05, 0.1) is 11.7 Å². The Hall–Kier alpha value is -0.940. The average molecular weight is 312 g/mol. The molecule has 0 aliphatic carbocycles. The Kier molecular flexibility index (Phi) is 8.65. The Balaban J connectivity index is 0.00000361. The van der Waals surface area contributed by atoms with Gasteiger partial charge in [-0.1, -0.05) is 13.3 Å². The van der Waals surface area contributed by atoms with Gasteiger partial charge in [-0.2, -0.15) is 13.2 Å². The number of hydrogen-bond donors (Lipinski definition) is 1. The van der Waals surface area contributed by atoms with E-state index in [0.717, 1.165) is 37.9 Å². The number of rotatable bonds is 7. The largest absolute Gasteiger partial charge is 0.490 e. The first-order valence-corrected chi connectivity index (χ1v) is 6.46. The summed E-state index contributed by atoms with van der Waals surface area (Å²) >= 11 is 0. The molecule has 1 unspecified atom stereocenters. The van der Waals surface area contributed by atoms with Crippen LogP contribution >= 0.6 is 12.4 Å². The second kappa shape index (κ2) is 9.08. The molecule has 0 spiro atoms. The number of hydrogen-bond acceptors (Lipinski definition) is 2. The SMILES string of the molecule is CCCC(CCNC)Oc1ccc(C(F)(F)F)cc1.Cl. The Morgan fingerprint density at radius 2 is 1.75 bits per heavy atom. The fraction of sp³-hybridized carbons (Fsp3) is 0.571. The van der Waals surface area contributed by atoms with Gasteiger partial charge in [0, 0.05) is 0 Å². The van der Waals surface area contributed by atoms with Crippen molar-refractivity contribution in [3.05, 3.63) is 29.8 Å². The number of benzene rings is 1. The lowest BCUT2D eigenvalue weighted by atomic mass is 10.1. The number of alkyl halides is 3. The highest BCUT2D eigenvalue weighted by atomic mass is 35.5. The Bertz CT molecular complexity index is 368. The minimum absolute atomic E-state index is 0. The lowest BCUT2D eigenvalue weighted by molar-refractivity contribution is -0.137. The molecule has 1 aromatic carbocycles. The molecule has 0 bridgehead atoms. The average Bonchev–Trinajstić information content (AvgIpc) is 2.36. The summed E-state index contributed by atoms with van der Waals surface area (Å²) in [6.07, 6.45) is -1.55. The van der Waals surface area contributed by atoms with Crippen molar-refractivity contribution in [3.63, 3.8) is 0 Å². The van der Waals surface area contributed by atoms with Crippen LogP contribution in [0.15, 0.2) is 24.3 Å². The predicted molar refractivity (Wildman–Crippen MR) is 76.6 cm³/mol. The molecule has 0 aromatic heterocycles. The maximum atomic E-state index is 12.4. The Morgan fingerprint density at radius 3 is 2.20 bits per heavy atom. The molecule has 0 amide bonds. The van der Waals surface area contributed by atoms with Gasteiger partial charge in [-0.25, -0.2) is 0 Å². The van der Waals surface area contributed by atoms with Gasteiger partial charge in [-0.3, -0.25) is 0 Å². The topological polar surface area (TPSA) is 21.3 Å².